The van der Waals surface area contributed by atoms with Gasteiger partial charge in [0.15, 0.2) is 0 Å². The van der Waals surface area contributed by atoms with Gasteiger partial charge in [-0.05, 0) is 35.0 Å². The Morgan fingerprint density at radius 3 is 2.71 bits per heavy atom. The normalized spacial score (nSPS) is 10.1. The van der Waals surface area contributed by atoms with Crippen LogP contribution in [0.5, 0.6) is 5.75 Å². The van der Waals surface area contributed by atoms with Crippen LogP contribution in [0.25, 0.3) is 10.8 Å². The van der Waals surface area contributed by atoms with Crippen molar-refractivity contribution >= 4 is 16.7 Å². The van der Waals surface area contributed by atoms with Crippen LogP contribution >= 0.6 is 0 Å². The van der Waals surface area contributed by atoms with E-state index in [0.717, 1.165) is 10.8 Å². The van der Waals surface area contributed by atoms with E-state index in [-0.39, 0.29) is 5.56 Å². The molecular formula is C14H12O3. The van der Waals surface area contributed by atoms with E-state index in [4.69, 9.17) is 9.84 Å². The zero-order valence-corrected chi connectivity index (χ0v) is 9.22. The average molecular weight is 228 g/mol. The third kappa shape index (κ3) is 2.45. The highest BCUT2D eigenvalue weighted by Crippen LogP contribution is 2.22. The van der Waals surface area contributed by atoms with Gasteiger partial charge in [-0.1, -0.05) is 24.8 Å². The molecule has 2 rings (SSSR count). The van der Waals surface area contributed by atoms with Gasteiger partial charge in [0, 0.05) is 0 Å². The minimum Gasteiger partial charge on any atom is -0.490 e. The number of carboxylic acids is 1. The molecule has 0 amide bonds. The van der Waals surface area contributed by atoms with Gasteiger partial charge < -0.3 is 9.84 Å². The second-order valence-corrected chi connectivity index (χ2v) is 3.63. The van der Waals surface area contributed by atoms with Crippen molar-refractivity contribution in [1.82, 2.24) is 0 Å². The fraction of sp³-hybridized carbons (Fsp3) is 0.0714. The molecule has 0 aliphatic heterocycles. The molecule has 0 saturated heterocycles. The quantitative estimate of drug-likeness (QED) is 0.818. The molecule has 0 radical (unpaired) electrons. The Kier molecular flexibility index (Phi) is 3.10. The first-order valence-electron chi connectivity index (χ1n) is 5.21. The molecule has 3 nitrogen and oxygen atoms in total. The van der Waals surface area contributed by atoms with Crippen LogP contribution in [0.4, 0.5) is 0 Å². The van der Waals surface area contributed by atoms with Crippen LogP contribution < -0.4 is 4.74 Å². The molecule has 0 aliphatic rings. The summed E-state index contributed by atoms with van der Waals surface area (Å²) < 4.78 is 5.40. The lowest BCUT2D eigenvalue weighted by atomic mass is 10.1. The maximum Gasteiger partial charge on any atom is 0.335 e. The van der Waals surface area contributed by atoms with Gasteiger partial charge in [0.25, 0.3) is 0 Å². The van der Waals surface area contributed by atoms with Crippen LogP contribution in [-0.4, -0.2) is 17.7 Å². The summed E-state index contributed by atoms with van der Waals surface area (Å²) >= 11 is 0. The van der Waals surface area contributed by atoms with Gasteiger partial charge in [-0.2, -0.15) is 0 Å². The predicted octanol–water partition coefficient (Wildman–Crippen LogP) is 3.10. The second-order valence-electron chi connectivity index (χ2n) is 3.63. The van der Waals surface area contributed by atoms with Crippen molar-refractivity contribution in [3.8, 4) is 5.75 Å². The number of carboxylic acid groups (broad SMARTS) is 1. The topological polar surface area (TPSA) is 46.5 Å². The zero-order valence-electron chi connectivity index (χ0n) is 9.22. The van der Waals surface area contributed by atoms with Gasteiger partial charge in [-0.15, -0.1) is 0 Å². The standard InChI is InChI=1S/C14H12O3/c1-2-7-17-13-6-5-10-3-4-11(14(15)16)8-12(10)9-13/h2-6,8-9H,1,7H2,(H,15,16). The van der Waals surface area contributed by atoms with Crippen molar-refractivity contribution in [2.75, 3.05) is 6.61 Å². The molecule has 0 unspecified atom stereocenters. The second kappa shape index (κ2) is 4.70. The van der Waals surface area contributed by atoms with Crippen LogP contribution in [-0.2, 0) is 0 Å². The van der Waals surface area contributed by atoms with E-state index in [1.165, 1.54) is 0 Å². The Morgan fingerprint density at radius 1 is 1.24 bits per heavy atom. The fourth-order valence-corrected chi connectivity index (χ4v) is 1.60. The van der Waals surface area contributed by atoms with Crippen molar-refractivity contribution in [2.24, 2.45) is 0 Å². The summed E-state index contributed by atoms with van der Waals surface area (Å²) in [6.45, 7) is 4.01. The number of benzene rings is 2. The molecule has 3 heteroatoms. The predicted molar refractivity (Wildman–Crippen MR) is 66.6 cm³/mol. The highest BCUT2D eigenvalue weighted by atomic mass is 16.5. The summed E-state index contributed by atoms with van der Waals surface area (Å²) in [4.78, 5) is 10.9. The van der Waals surface area contributed by atoms with E-state index in [0.29, 0.717) is 12.4 Å². The molecular weight excluding hydrogens is 216 g/mol. The van der Waals surface area contributed by atoms with Gasteiger partial charge >= 0.3 is 5.97 Å². The molecule has 0 atom stereocenters. The summed E-state index contributed by atoms with van der Waals surface area (Å²) in [7, 11) is 0. The lowest BCUT2D eigenvalue weighted by Gasteiger charge is -2.05. The maximum atomic E-state index is 10.9. The van der Waals surface area contributed by atoms with Crippen molar-refractivity contribution < 1.29 is 14.6 Å². The highest BCUT2D eigenvalue weighted by molar-refractivity contribution is 5.94. The molecule has 86 valence electrons. The summed E-state index contributed by atoms with van der Waals surface area (Å²) in [5.41, 5.74) is 0.276. The van der Waals surface area contributed by atoms with E-state index in [1.54, 1.807) is 24.3 Å². The van der Waals surface area contributed by atoms with Gasteiger partial charge in [-0.25, -0.2) is 4.79 Å². The summed E-state index contributed by atoms with van der Waals surface area (Å²) in [5, 5.41) is 10.8. The van der Waals surface area contributed by atoms with Gasteiger partial charge in [-0.3, -0.25) is 0 Å². The molecule has 17 heavy (non-hydrogen) atoms. The van der Waals surface area contributed by atoms with Gasteiger partial charge in [0.2, 0.25) is 0 Å². The maximum absolute atomic E-state index is 10.9. The van der Waals surface area contributed by atoms with Crippen molar-refractivity contribution in [2.45, 2.75) is 0 Å². The molecule has 0 spiro atoms. The van der Waals surface area contributed by atoms with Crippen molar-refractivity contribution in [1.29, 1.82) is 0 Å². The van der Waals surface area contributed by atoms with Crippen LogP contribution in [0, 0.1) is 0 Å². The Bertz CT molecular complexity index is 573. The molecule has 0 saturated carbocycles. The summed E-state index contributed by atoms with van der Waals surface area (Å²) in [6.07, 6.45) is 1.66. The van der Waals surface area contributed by atoms with E-state index in [1.807, 2.05) is 18.2 Å². The van der Waals surface area contributed by atoms with Crippen LogP contribution in [0.1, 0.15) is 10.4 Å². The number of rotatable bonds is 4. The minimum atomic E-state index is -0.927. The Morgan fingerprint density at radius 2 is 2.00 bits per heavy atom. The van der Waals surface area contributed by atoms with Crippen LogP contribution in [0.3, 0.4) is 0 Å². The molecule has 1 N–H and O–H groups in total. The van der Waals surface area contributed by atoms with E-state index in [9.17, 15) is 4.79 Å². The average Bonchev–Trinajstić information content (AvgIpc) is 2.35. The number of hydrogen-bond donors (Lipinski definition) is 1. The van der Waals surface area contributed by atoms with E-state index >= 15 is 0 Å². The first-order valence-corrected chi connectivity index (χ1v) is 5.21. The lowest BCUT2D eigenvalue weighted by molar-refractivity contribution is 0.0697. The monoisotopic (exact) mass is 228 g/mol. The van der Waals surface area contributed by atoms with Crippen molar-refractivity contribution in [3.63, 3.8) is 0 Å². The molecule has 2 aromatic carbocycles. The fourth-order valence-electron chi connectivity index (χ4n) is 1.60. The zero-order chi connectivity index (χ0) is 12.3. The van der Waals surface area contributed by atoms with Gasteiger partial charge in [0.1, 0.15) is 12.4 Å². The van der Waals surface area contributed by atoms with Gasteiger partial charge in [0.05, 0.1) is 5.56 Å². The number of ether oxygens (including phenoxy) is 1. The minimum absolute atomic E-state index is 0.276. The summed E-state index contributed by atoms with van der Waals surface area (Å²) in [5.74, 6) is -0.218. The molecule has 0 fully saturated rings. The third-order valence-electron chi connectivity index (χ3n) is 2.43. The highest BCUT2D eigenvalue weighted by Gasteiger charge is 2.04. The molecule has 0 heterocycles. The Balaban J connectivity index is 2.43. The van der Waals surface area contributed by atoms with E-state index in [2.05, 4.69) is 6.58 Å². The van der Waals surface area contributed by atoms with Crippen LogP contribution in [0.2, 0.25) is 0 Å². The largest absolute Gasteiger partial charge is 0.490 e. The third-order valence-corrected chi connectivity index (χ3v) is 2.43. The number of fused-ring (bicyclic) bond motifs is 1. The van der Waals surface area contributed by atoms with Crippen LogP contribution in [0.15, 0.2) is 49.1 Å². The first-order chi connectivity index (χ1) is 8.20. The Labute approximate surface area is 99.0 Å². The van der Waals surface area contributed by atoms with Crippen molar-refractivity contribution in [3.05, 3.63) is 54.6 Å². The number of aromatic carboxylic acids is 1. The summed E-state index contributed by atoms with van der Waals surface area (Å²) in [6, 6.07) is 10.6. The Hall–Kier alpha value is -2.29. The SMILES string of the molecule is C=CCOc1ccc2ccc(C(=O)O)cc2c1. The van der Waals surface area contributed by atoms with E-state index < -0.39 is 5.97 Å². The lowest BCUT2D eigenvalue weighted by Crippen LogP contribution is -1.96. The molecule has 0 aromatic heterocycles. The first kappa shape index (κ1) is 11.2. The molecule has 2 aromatic rings. The number of hydrogen-bond acceptors (Lipinski definition) is 2. The molecule has 0 bridgehead atoms. The number of carbonyl (C=O) groups is 1. The smallest absolute Gasteiger partial charge is 0.335 e. The molecule has 0 aliphatic carbocycles.